The molecule has 4 nitrogen and oxygen atoms in total. The van der Waals surface area contributed by atoms with Crippen molar-refractivity contribution in [3.05, 3.63) is 72.7 Å². The maximum Gasteiger partial charge on any atom is 0.271 e. The molecule has 4 heteroatoms. The lowest BCUT2D eigenvalue weighted by Crippen LogP contribution is -2.13. The average molecular weight is 280 g/mol. The van der Waals surface area contributed by atoms with E-state index in [0.29, 0.717) is 17.2 Å². The van der Waals surface area contributed by atoms with Gasteiger partial charge in [-0.3, -0.25) is 4.79 Å². The van der Waals surface area contributed by atoms with Crippen molar-refractivity contribution in [2.75, 3.05) is 0 Å². The lowest BCUT2D eigenvalue weighted by molar-refractivity contribution is 0.0995. The Morgan fingerprint density at radius 3 is 2.48 bits per heavy atom. The molecule has 0 fully saturated rings. The Balaban J connectivity index is 2.58. The predicted molar refractivity (Wildman–Crippen MR) is 83.6 cm³/mol. The zero-order valence-corrected chi connectivity index (χ0v) is 11.8. The number of benzene rings is 1. The summed E-state index contributed by atoms with van der Waals surface area (Å²) in [6.45, 7) is 9.30. The zero-order chi connectivity index (χ0) is 15.4. The van der Waals surface area contributed by atoms with Crippen LogP contribution < -0.4 is 5.73 Å². The molecule has 0 atom stereocenters. The molecule has 1 heterocycles. The molecule has 1 amide bonds. The number of nitrogens with zero attached hydrogens (tertiary/aromatic N) is 1. The number of carbonyl (C=O) groups excluding carboxylic acids is 1. The molecular weight excluding hydrogens is 264 g/mol. The molecule has 2 N–H and O–H groups in total. The molecule has 0 aliphatic carbocycles. The minimum absolute atomic E-state index is 0.0820. The zero-order valence-electron chi connectivity index (χ0n) is 11.8. The number of aryl methyl sites for hydroxylation is 1. The Morgan fingerprint density at radius 1 is 1.29 bits per heavy atom. The van der Waals surface area contributed by atoms with Gasteiger partial charge in [0, 0.05) is 11.1 Å². The largest absolute Gasteiger partial charge is 0.435 e. The molecule has 2 aromatic rings. The molecule has 0 saturated carbocycles. The van der Waals surface area contributed by atoms with Gasteiger partial charge in [-0.1, -0.05) is 49.1 Å². The summed E-state index contributed by atoms with van der Waals surface area (Å²) in [5.41, 5.74) is 7.95. The molecule has 0 saturated heterocycles. The van der Waals surface area contributed by atoms with E-state index in [1.807, 2.05) is 31.2 Å². The maximum absolute atomic E-state index is 11.6. The summed E-state index contributed by atoms with van der Waals surface area (Å²) < 4.78 is 5.71. The van der Waals surface area contributed by atoms with Gasteiger partial charge in [-0.2, -0.15) is 0 Å². The van der Waals surface area contributed by atoms with Crippen LogP contribution >= 0.6 is 0 Å². The molecule has 106 valence electrons. The Bertz CT molecular complexity index is 722. The number of carbonyl (C=O) groups is 1. The topological polar surface area (TPSA) is 69.1 Å². The van der Waals surface area contributed by atoms with Crippen molar-refractivity contribution in [2.45, 2.75) is 6.92 Å². The third-order valence-electron chi connectivity index (χ3n) is 2.94. The van der Waals surface area contributed by atoms with E-state index in [1.165, 1.54) is 0 Å². The summed E-state index contributed by atoms with van der Waals surface area (Å²) in [6.07, 6.45) is 4.82. The van der Waals surface area contributed by atoms with Crippen LogP contribution in [0.1, 0.15) is 21.8 Å². The lowest BCUT2D eigenvalue weighted by atomic mass is 10.1. The van der Waals surface area contributed by atoms with E-state index in [0.717, 1.165) is 11.1 Å². The first-order chi connectivity index (χ1) is 10.1. The molecule has 21 heavy (non-hydrogen) atoms. The highest BCUT2D eigenvalue weighted by Crippen LogP contribution is 2.27. The third kappa shape index (κ3) is 3.00. The van der Waals surface area contributed by atoms with Gasteiger partial charge in [-0.05, 0) is 19.1 Å². The number of hydrogen-bond acceptors (Lipinski definition) is 3. The fourth-order valence-electron chi connectivity index (χ4n) is 1.87. The van der Waals surface area contributed by atoms with Gasteiger partial charge in [0.1, 0.15) is 0 Å². The molecule has 1 aromatic heterocycles. The van der Waals surface area contributed by atoms with Gasteiger partial charge in [-0.25, -0.2) is 4.98 Å². The standard InChI is InChI=1S/C17H16N2O2/c1-4-6-12(5-2)15-14(16(18)20)19-17(21-15)13-9-7-11(3)8-10-13/h4-10H,1-2H2,3H3,(H2,18,20)/b12-6+. The van der Waals surface area contributed by atoms with Gasteiger partial charge in [-0.15, -0.1) is 0 Å². The molecule has 0 bridgehead atoms. The summed E-state index contributed by atoms with van der Waals surface area (Å²) in [4.78, 5) is 15.8. The number of hydrogen-bond donors (Lipinski definition) is 1. The number of oxazole rings is 1. The highest BCUT2D eigenvalue weighted by Gasteiger charge is 2.20. The van der Waals surface area contributed by atoms with Crippen molar-refractivity contribution in [2.24, 2.45) is 5.73 Å². The quantitative estimate of drug-likeness (QED) is 0.852. The average Bonchev–Trinajstić information content (AvgIpc) is 2.90. The molecule has 1 aromatic carbocycles. The Morgan fingerprint density at radius 2 is 1.95 bits per heavy atom. The summed E-state index contributed by atoms with van der Waals surface area (Å²) in [6, 6.07) is 7.63. The molecule has 2 rings (SSSR count). The van der Waals surface area contributed by atoms with Gasteiger partial charge in [0.15, 0.2) is 11.5 Å². The van der Waals surface area contributed by atoms with Crippen molar-refractivity contribution in [3.63, 3.8) is 0 Å². The number of rotatable bonds is 5. The van der Waals surface area contributed by atoms with Crippen LogP contribution in [0.2, 0.25) is 0 Å². The van der Waals surface area contributed by atoms with E-state index >= 15 is 0 Å². The SMILES string of the molecule is C=C/C=C(\C=C)c1oc(-c2ccc(C)cc2)nc1C(N)=O. The second-order valence-electron chi connectivity index (χ2n) is 4.49. The normalized spacial score (nSPS) is 11.2. The van der Waals surface area contributed by atoms with Crippen LogP contribution in [0.5, 0.6) is 0 Å². The fourth-order valence-corrected chi connectivity index (χ4v) is 1.87. The minimum Gasteiger partial charge on any atom is -0.435 e. The van der Waals surface area contributed by atoms with E-state index in [-0.39, 0.29) is 5.69 Å². The molecule has 0 radical (unpaired) electrons. The van der Waals surface area contributed by atoms with Crippen LogP contribution in [-0.2, 0) is 0 Å². The Labute approximate surface area is 123 Å². The summed E-state index contributed by atoms with van der Waals surface area (Å²) >= 11 is 0. The maximum atomic E-state index is 11.6. The molecule has 0 aliphatic heterocycles. The number of nitrogens with two attached hydrogens (primary N) is 1. The van der Waals surface area contributed by atoms with Gasteiger partial charge in [0.2, 0.25) is 5.89 Å². The van der Waals surface area contributed by atoms with Crippen LogP contribution in [0.15, 0.2) is 60.1 Å². The van der Waals surface area contributed by atoms with Crippen molar-refractivity contribution < 1.29 is 9.21 Å². The van der Waals surface area contributed by atoms with Crippen molar-refractivity contribution in [1.29, 1.82) is 0 Å². The number of aromatic nitrogens is 1. The van der Waals surface area contributed by atoms with Crippen molar-refractivity contribution in [3.8, 4) is 11.5 Å². The lowest BCUT2D eigenvalue weighted by Gasteiger charge is -1.98. The van der Waals surface area contributed by atoms with Crippen LogP contribution in [0.3, 0.4) is 0 Å². The van der Waals surface area contributed by atoms with E-state index < -0.39 is 5.91 Å². The molecule has 0 spiro atoms. The van der Waals surface area contributed by atoms with Gasteiger partial charge in [0.25, 0.3) is 5.91 Å². The van der Waals surface area contributed by atoms with E-state index in [2.05, 4.69) is 18.1 Å². The minimum atomic E-state index is -0.649. The monoisotopic (exact) mass is 280 g/mol. The van der Waals surface area contributed by atoms with Gasteiger partial charge < -0.3 is 10.2 Å². The second-order valence-corrected chi connectivity index (χ2v) is 4.49. The Kier molecular flexibility index (Phi) is 4.18. The predicted octanol–water partition coefficient (Wildman–Crippen LogP) is 3.50. The number of allylic oxidation sites excluding steroid dienone is 4. The summed E-state index contributed by atoms with van der Waals surface area (Å²) in [5.74, 6) is -0.00693. The summed E-state index contributed by atoms with van der Waals surface area (Å²) in [5, 5.41) is 0. The third-order valence-corrected chi connectivity index (χ3v) is 2.94. The van der Waals surface area contributed by atoms with Crippen molar-refractivity contribution >= 4 is 11.5 Å². The fraction of sp³-hybridized carbons (Fsp3) is 0.0588. The first-order valence-corrected chi connectivity index (χ1v) is 6.40. The van der Waals surface area contributed by atoms with Gasteiger partial charge >= 0.3 is 0 Å². The van der Waals surface area contributed by atoms with E-state index in [4.69, 9.17) is 10.2 Å². The van der Waals surface area contributed by atoms with Crippen LogP contribution in [0, 0.1) is 6.92 Å². The molecule has 0 unspecified atom stereocenters. The molecule has 0 aliphatic rings. The Hall–Kier alpha value is -2.88. The van der Waals surface area contributed by atoms with E-state index in [1.54, 1.807) is 18.2 Å². The van der Waals surface area contributed by atoms with Crippen LogP contribution in [-0.4, -0.2) is 10.9 Å². The second kappa shape index (κ2) is 6.05. The van der Waals surface area contributed by atoms with Crippen LogP contribution in [0.25, 0.3) is 17.0 Å². The highest BCUT2D eigenvalue weighted by molar-refractivity contribution is 5.96. The molecular formula is C17H16N2O2. The number of amides is 1. The summed E-state index contributed by atoms with van der Waals surface area (Å²) in [7, 11) is 0. The smallest absolute Gasteiger partial charge is 0.271 e. The van der Waals surface area contributed by atoms with E-state index in [9.17, 15) is 4.79 Å². The van der Waals surface area contributed by atoms with Crippen LogP contribution in [0.4, 0.5) is 0 Å². The first-order valence-electron chi connectivity index (χ1n) is 6.40. The number of primary amides is 1. The first kappa shape index (κ1) is 14.5. The van der Waals surface area contributed by atoms with Gasteiger partial charge in [0.05, 0.1) is 0 Å². The van der Waals surface area contributed by atoms with Crippen molar-refractivity contribution in [1.82, 2.24) is 4.98 Å². The highest BCUT2D eigenvalue weighted by atomic mass is 16.4.